The van der Waals surface area contributed by atoms with Crippen LogP contribution in [0.2, 0.25) is 0 Å². The average molecular weight is 368 g/mol. The van der Waals surface area contributed by atoms with E-state index in [0.717, 1.165) is 16.8 Å². The van der Waals surface area contributed by atoms with Gasteiger partial charge < -0.3 is 10.1 Å². The van der Waals surface area contributed by atoms with Crippen LogP contribution in [0.4, 0.5) is 5.69 Å². The molecule has 0 aliphatic carbocycles. The van der Waals surface area contributed by atoms with Gasteiger partial charge in [-0.1, -0.05) is 42.1 Å². The Hall–Kier alpha value is -2.25. The zero-order valence-corrected chi connectivity index (χ0v) is 15.4. The van der Waals surface area contributed by atoms with Gasteiger partial charge in [-0.2, -0.15) is 4.98 Å². The Labute approximate surface area is 154 Å². The molecule has 0 bridgehead atoms. The normalized spacial score (nSPS) is 15.4. The third-order valence-corrected chi connectivity index (χ3v) is 5.22. The largest absolute Gasteiger partial charge is 0.448 e. The fourth-order valence-electron chi connectivity index (χ4n) is 2.66. The maximum absolute atomic E-state index is 6.20. The summed E-state index contributed by atoms with van der Waals surface area (Å²) in [7, 11) is 0. The van der Waals surface area contributed by atoms with Gasteiger partial charge in [0.2, 0.25) is 11.0 Å². The third-order valence-electron chi connectivity index (χ3n) is 3.93. The van der Waals surface area contributed by atoms with Gasteiger partial charge in [-0.15, -0.1) is 22.0 Å². The molecule has 1 aromatic heterocycles. The number of rotatable bonds is 3. The molecule has 2 aromatic carbocycles. The summed E-state index contributed by atoms with van der Waals surface area (Å²) in [5.74, 6) is 0.496. The molecule has 3 aromatic rings. The first-order valence-electron chi connectivity index (χ1n) is 7.74. The molecule has 0 amide bonds. The van der Waals surface area contributed by atoms with Gasteiger partial charge >= 0.3 is 0 Å². The Morgan fingerprint density at radius 3 is 2.52 bits per heavy atom. The standard InChI is InChI=1S/C18H16N4OS2/c1-24-12-9-7-11(8-10-12)16-19-14-6-4-3-5-13(14)15-17(23-16)20-18(25-2)22-21-15/h3-10,16,19H,1-2H3/t16-/m1/s1. The Kier molecular flexibility index (Phi) is 4.50. The number of aromatic nitrogens is 3. The molecule has 2 heterocycles. The van der Waals surface area contributed by atoms with E-state index in [4.69, 9.17) is 4.74 Å². The topological polar surface area (TPSA) is 59.9 Å². The van der Waals surface area contributed by atoms with Gasteiger partial charge in [-0.3, -0.25) is 0 Å². The third kappa shape index (κ3) is 3.17. The van der Waals surface area contributed by atoms with Crippen LogP contribution in [0.1, 0.15) is 11.8 Å². The van der Waals surface area contributed by atoms with Gasteiger partial charge in [0.1, 0.15) is 0 Å². The first-order valence-corrected chi connectivity index (χ1v) is 10.2. The molecular formula is C18H16N4OS2. The summed E-state index contributed by atoms with van der Waals surface area (Å²) in [6.07, 6.45) is 3.64. The Morgan fingerprint density at radius 1 is 0.960 bits per heavy atom. The maximum Gasteiger partial charge on any atom is 0.247 e. The van der Waals surface area contributed by atoms with Crippen molar-refractivity contribution in [3.05, 3.63) is 54.1 Å². The molecule has 0 fully saturated rings. The molecule has 4 rings (SSSR count). The van der Waals surface area contributed by atoms with E-state index in [9.17, 15) is 0 Å². The molecule has 0 saturated carbocycles. The second-order valence-corrected chi connectivity index (χ2v) is 7.07. The summed E-state index contributed by atoms with van der Waals surface area (Å²) in [6.45, 7) is 0. The molecule has 0 spiro atoms. The van der Waals surface area contributed by atoms with Crippen molar-refractivity contribution in [2.45, 2.75) is 16.3 Å². The minimum absolute atomic E-state index is 0.343. The van der Waals surface area contributed by atoms with Crippen molar-refractivity contribution < 1.29 is 4.74 Å². The Balaban J connectivity index is 1.81. The van der Waals surface area contributed by atoms with Gasteiger partial charge in [0.15, 0.2) is 11.9 Å². The summed E-state index contributed by atoms with van der Waals surface area (Å²) in [5.41, 5.74) is 3.58. The van der Waals surface area contributed by atoms with Gasteiger partial charge in [-0.05, 0) is 30.7 Å². The number of nitrogens with one attached hydrogen (secondary N) is 1. The summed E-state index contributed by atoms with van der Waals surface area (Å²) in [4.78, 5) is 5.74. The number of benzene rings is 2. The van der Waals surface area contributed by atoms with E-state index in [0.29, 0.717) is 16.7 Å². The molecule has 1 aliphatic rings. The van der Waals surface area contributed by atoms with Gasteiger partial charge in [0, 0.05) is 21.7 Å². The second kappa shape index (κ2) is 6.93. The van der Waals surface area contributed by atoms with Crippen LogP contribution in [-0.2, 0) is 0 Å². The van der Waals surface area contributed by atoms with Crippen molar-refractivity contribution in [2.75, 3.05) is 17.8 Å². The zero-order valence-electron chi connectivity index (χ0n) is 13.8. The lowest BCUT2D eigenvalue weighted by Crippen LogP contribution is -2.17. The smallest absolute Gasteiger partial charge is 0.247 e. The maximum atomic E-state index is 6.20. The van der Waals surface area contributed by atoms with Crippen LogP contribution >= 0.6 is 23.5 Å². The predicted molar refractivity (Wildman–Crippen MR) is 102 cm³/mol. The summed E-state index contributed by atoms with van der Waals surface area (Å²) < 4.78 is 6.20. The number of ether oxygens (including phenoxy) is 1. The van der Waals surface area contributed by atoms with Crippen LogP contribution in [0.3, 0.4) is 0 Å². The minimum Gasteiger partial charge on any atom is -0.448 e. The van der Waals surface area contributed by atoms with Crippen molar-refractivity contribution in [2.24, 2.45) is 0 Å². The molecule has 0 unspecified atom stereocenters. The van der Waals surface area contributed by atoms with Crippen molar-refractivity contribution in [3.63, 3.8) is 0 Å². The van der Waals surface area contributed by atoms with E-state index in [1.807, 2.05) is 30.5 Å². The molecule has 0 radical (unpaired) electrons. The van der Waals surface area contributed by atoms with Crippen LogP contribution in [0.5, 0.6) is 5.88 Å². The number of hydrogen-bond acceptors (Lipinski definition) is 7. The van der Waals surface area contributed by atoms with Gasteiger partial charge in [0.25, 0.3) is 0 Å². The predicted octanol–water partition coefficient (Wildman–Crippen LogP) is 4.49. The fourth-order valence-corrected chi connectivity index (χ4v) is 3.37. The SMILES string of the molecule is CSc1ccc([C@@H]2Nc3ccccc3-c3nnc(SC)nc3O2)cc1. The molecule has 1 atom stereocenters. The van der Waals surface area contributed by atoms with E-state index in [-0.39, 0.29) is 6.23 Å². The molecule has 7 heteroatoms. The Morgan fingerprint density at radius 2 is 1.76 bits per heavy atom. The van der Waals surface area contributed by atoms with E-state index < -0.39 is 0 Å². The highest BCUT2D eigenvalue weighted by atomic mass is 32.2. The van der Waals surface area contributed by atoms with E-state index in [1.54, 1.807) is 11.8 Å². The summed E-state index contributed by atoms with van der Waals surface area (Å²) in [6, 6.07) is 16.3. The highest BCUT2D eigenvalue weighted by molar-refractivity contribution is 7.98. The zero-order chi connectivity index (χ0) is 17.2. The van der Waals surface area contributed by atoms with E-state index in [2.05, 4.69) is 51.0 Å². The van der Waals surface area contributed by atoms with Crippen LogP contribution in [0.25, 0.3) is 11.3 Å². The quantitative estimate of drug-likeness (QED) is 0.684. The monoisotopic (exact) mass is 368 g/mol. The van der Waals surface area contributed by atoms with Crippen LogP contribution in [-0.4, -0.2) is 27.7 Å². The molecule has 25 heavy (non-hydrogen) atoms. The van der Waals surface area contributed by atoms with Crippen molar-refractivity contribution in [1.82, 2.24) is 15.2 Å². The highest BCUT2D eigenvalue weighted by Gasteiger charge is 2.25. The summed E-state index contributed by atoms with van der Waals surface area (Å²) >= 11 is 3.16. The molecular weight excluding hydrogens is 352 g/mol. The lowest BCUT2D eigenvalue weighted by molar-refractivity contribution is 0.225. The van der Waals surface area contributed by atoms with Gasteiger partial charge in [-0.25, -0.2) is 0 Å². The van der Waals surface area contributed by atoms with E-state index >= 15 is 0 Å². The van der Waals surface area contributed by atoms with Gasteiger partial charge in [0.05, 0.1) is 0 Å². The first-order chi connectivity index (χ1) is 12.3. The number of hydrogen-bond donors (Lipinski definition) is 1. The lowest BCUT2D eigenvalue weighted by Gasteiger charge is -2.19. The molecule has 126 valence electrons. The average Bonchev–Trinajstić information content (AvgIpc) is 2.84. The van der Waals surface area contributed by atoms with E-state index in [1.165, 1.54) is 16.7 Å². The molecule has 1 aliphatic heterocycles. The van der Waals surface area contributed by atoms with Crippen LogP contribution in [0.15, 0.2) is 58.6 Å². The lowest BCUT2D eigenvalue weighted by atomic mass is 10.1. The minimum atomic E-state index is -0.343. The van der Waals surface area contributed by atoms with Crippen LogP contribution < -0.4 is 10.1 Å². The number of fused-ring (bicyclic) bond motifs is 3. The number of nitrogens with zero attached hydrogens (tertiary/aromatic N) is 3. The number of thioether (sulfide) groups is 2. The fraction of sp³-hybridized carbons (Fsp3) is 0.167. The van der Waals surface area contributed by atoms with Crippen molar-refractivity contribution >= 4 is 29.2 Å². The van der Waals surface area contributed by atoms with Crippen LogP contribution in [0, 0.1) is 0 Å². The number of anilines is 1. The highest BCUT2D eigenvalue weighted by Crippen LogP contribution is 2.39. The second-order valence-electron chi connectivity index (χ2n) is 5.41. The number of para-hydroxylation sites is 1. The summed E-state index contributed by atoms with van der Waals surface area (Å²) in [5, 5.41) is 12.6. The molecule has 0 saturated heterocycles. The van der Waals surface area contributed by atoms with Crippen molar-refractivity contribution in [3.8, 4) is 17.1 Å². The Bertz CT molecular complexity index is 902. The van der Waals surface area contributed by atoms with Crippen molar-refractivity contribution in [1.29, 1.82) is 0 Å². The molecule has 1 N–H and O–H groups in total. The first kappa shape index (κ1) is 16.2. The molecule has 5 nitrogen and oxygen atoms in total.